The number of halogens is 6. The van der Waals surface area contributed by atoms with Crippen LogP contribution in [0.3, 0.4) is 0 Å². The highest BCUT2D eigenvalue weighted by Crippen LogP contribution is 2.47. The second-order valence-electron chi connectivity index (χ2n) is 5.19. The summed E-state index contributed by atoms with van der Waals surface area (Å²) in [5.41, 5.74) is -7.11. The van der Waals surface area contributed by atoms with E-state index >= 15 is 0 Å². The van der Waals surface area contributed by atoms with Gasteiger partial charge < -0.3 is 4.74 Å². The Kier molecular flexibility index (Phi) is 5.04. The summed E-state index contributed by atoms with van der Waals surface area (Å²) in [6.45, 7) is 2.92. The maximum atomic E-state index is 12.8. The molecule has 0 saturated heterocycles. The number of ether oxygens (including phenoxy) is 1. The van der Waals surface area contributed by atoms with Gasteiger partial charge in [0.25, 0.3) is 10.1 Å². The standard InChI is InChI=1S/C9H12F6O5S/c1-6(2,3)5(16)20-7(8(10,11)12,9(13,14)15)4-21(17,18)19/h4H2,1-3H3,(H,17,18,19). The van der Waals surface area contributed by atoms with Crippen LogP contribution in [-0.4, -0.2) is 42.6 Å². The van der Waals surface area contributed by atoms with E-state index in [-0.39, 0.29) is 0 Å². The number of carbonyl (C=O) groups excluding carboxylic acids is 1. The normalized spacial score (nSPS) is 15.0. The Morgan fingerprint density at radius 2 is 1.33 bits per heavy atom. The zero-order valence-corrected chi connectivity index (χ0v) is 11.8. The first-order chi connectivity index (χ1) is 8.83. The average molecular weight is 346 g/mol. The predicted molar refractivity (Wildman–Crippen MR) is 56.8 cm³/mol. The second-order valence-corrected chi connectivity index (χ2v) is 6.64. The molecule has 5 nitrogen and oxygen atoms in total. The van der Waals surface area contributed by atoms with Crippen molar-refractivity contribution in [2.75, 3.05) is 5.75 Å². The first-order valence-corrected chi connectivity index (χ1v) is 6.76. The topological polar surface area (TPSA) is 80.7 Å². The number of carbonyl (C=O) groups is 1. The Balaban J connectivity index is 6.14. The summed E-state index contributed by atoms with van der Waals surface area (Å²) in [6.07, 6.45) is -12.6. The molecule has 1 N–H and O–H groups in total. The molecule has 0 heterocycles. The molecule has 0 bridgehead atoms. The fourth-order valence-corrected chi connectivity index (χ4v) is 1.94. The smallest absolute Gasteiger partial charge is 0.438 e. The summed E-state index contributed by atoms with van der Waals surface area (Å²) in [5, 5.41) is 0. The molecule has 0 amide bonds. The first kappa shape index (κ1) is 20.0. The van der Waals surface area contributed by atoms with Gasteiger partial charge in [0.1, 0.15) is 5.75 Å². The summed E-state index contributed by atoms with van der Waals surface area (Å²) in [5.74, 6) is -4.81. The zero-order valence-electron chi connectivity index (χ0n) is 11.0. The molecule has 0 spiro atoms. The van der Waals surface area contributed by atoms with E-state index in [1.807, 2.05) is 0 Å². The van der Waals surface area contributed by atoms with Gasteiger partial charge in [0.2, 0.25) is 0 Å². The molecule has 0 aliphatic rings. The molecule has 0 saturated carbocycles. The summed E-state index contributed by atoms with van der Waals surface area (Å²) < 4.78 is 110. The van der Waals surface area contributed by atoms with Gasteiger partial charge in [0.15, 0.2) is 0 Å². The van der Waals surface area contributed by atoms with Gasteiger partial charge in [-0.2, -0.15) is 34.8 Å². The van der Waals surface area contributed by atoms with Crippen LogP contribution < -0.4 is 0 Å². The summed E-state index contributed by atoms with van der Waals surface area (Å²) in [7, 11) is -5.76. The molecule has 0 aromatic carbocycles. The molecule has 0 aromatic heterocycles. The molecular formula is C9H12F6O5S. The van der Waals surface area contributed by atoms with Crippen molar-refractivity contribution in [1.82, 2.24) is 0 Å². The van der Waals surface area contributed by atoms with Crippen LogP contribution in [-0.2, 0) is 19.6 Å². The maximum absolute atomic E-state index is 12.8. The minimum atomic E-state index is -6.30. The molecule has 0 rings (SSSR count). The quantitative estimate of drug-likeness (QED) is 0.482. The van der Waals surface area contributed by atoms with E-state index in [9.17, 15) is 39.6 Å². The molecule has 126 valence electrons. The van der Waals surface area contributed by atoms with Gasteiger partial charge in [-0.1, -0.05) is 0 Å². The lowest BCUT2D eigenvalue weighted by Gasteiger charge is -2.37. The van der Waals surface area contributed by atoms with Crippen molar-refractivity contribution < 1.29 is 48.8 Å². The number of rotatable bonds is 3. The predicted octanol–water partition coefficient (Wildman–Crippen LogP) is 2.33. The van der Waals surface area contributed by atoms with Crippen LogP contribution in [0.15, 0.2) is 0 Å². The fraction of sp³-hybridized carbons (Fsp3) is 0.889. The Hall–Kier alpha value is -1.04. The van der Waals surface area contributed by atoms with Gasteiger partial charge in [-0.25, -0.2) is 0 Å². The van der Waals surface area contributed by atoms with E-state index in [4.69, 9.17) is 4.55 Å². The summed E-state index contributed by atoms with van der Waals surface area (Å²) >= 11 is 0. The SMILES string of the molecule is CC(C)(C)C(=O)OC(CS(=O)(=O)O)(C(F)(F)F)C(F)(F)F. The van der Waals surface area contributed by atoms with Crippen LogP contribution in [0.5, 0.6) is 0 Å². The molecule has 0 aromatic rings. The van der Waals surface area contributed by atoms with Crippen molar-refractivity contribution >= 4 is 16.1 Å². The highest BCUT2D eigenvalue weighted by Gasteiger charge is 2.76. The molecular weight excluding hydrogens is 334 g/mol. The largest absolute Gasteiger partial charge is 0.438 e. The van der Waals surface area contributed by atoms with Gasteiger partial charge in [-0.3, -0.25) is 9.35 Å². The van der Waals surface area contributed by atoms with E-state index < -0.39 is 45.2 Å². The van der Waals surface area contributed by atoms with Crippen LogP contribution in [0.25, 0.3) is 0 Å². The third-order valence-corrected chi connectivity index (χ3v) is 2.95. The van der Waals surface area contributed by atoms with E-state index in [0.29, 0.717) is 0 Å². The van der Waals surface area contributed by atoms with E-state index in [1.165, 1.54) is 0 Å². The lowest BCUT2D eigenvalue weighted by atomic mass is 9.96. The van der Waals surface area contributed by atoms with Gasteiger partial charge in [0.05, 0.1) is 5.41 Å². The number of hydrogen-bond donors (Lipinski definition) is 1. The zero-order chi connectivity index (χ0) is 17.5. The highest BCUT2D eigenvalue weighted by atomic mass is 32.2. The molecule has 12 heteroatoms. The minimum absolute atomic E-state index is 0.973. The van der Waals surface area contributed by atoms with Gasteiger partial charge >= 0.3 is 23.9 Å². The monoisotopic (exact) mass is 346 g/mol. The second kappa shape index (κ2) is 5.30. The van der Waals surface area contributed by atoms with Crippen molar-refractivity contribution in [3.8, 4) is 0 Å². The summed E-state index contributed by atoms with van der Waals surface area (Å²) in [4.78, 5) is 11.4. The molecule has 0 aliphatic heterocycles. The van der Waals surface area contributed by atoms with Crippen LogP contribution in [0.1, 0.15) is 20.8 Å². The van der Waals surface area contributed by atoms with Crippen LogP contribution >= 0.6 is 0 Å². The van der Waals surface area contributed by atoms with Crippen molar-refractivity contribution in [3.63, 3.8) is 0 Å². The lowest BCUT2D eigenvalue weighted by molar-refractivity contribution is -0.363. The maximum Gasteiger partial charge on any atom is 0.438 e. The third-order valence-electron chi connectivity index (χ3n) is 2.18. The minimum Gasteiger partial charge on any atom is -0.438 e. The highest BCUT2D eigenvalue weighted by molar-refractivity contribution is 7.85. The van der Waals surface area contributed by atoms with Crippen LogP contribution in [0.4, 0.5) is 26.3 Å². The lowest BCUT2D eigenvalue weighted by Crippen LogP contribution is -2.64. The van der Waals surface area contributed by atoms with E-state index in [1.54, 1.807) is 0 Å². The van der Waals surface area contributed by atoms with Gasteiger partial charge in [-0.15, -0.1) is 0 Å². The van der Waals surface area contributed by atoms with Gasteiger partial charge in [-0.05, 0) is 20.8 Å². The summed E-state index contributed by atoms with van der Waals surface area (Å²) in [6, 6.07) is 0. The molecule has 0 radical (unpaired) electrons. The molecule has 0 fully saturated rings. The van der Waals surface area contributed by atoms with Crippen molar-refractivity contribution in [2.45, 2.75) is 38.7 Å². The van der Waals surface area contributed by atoms with Crippen molar-refractivity contribution in [1.29, 1.82) is 0 Å². The fourth-order valence-electron chi connectivity index (χ4n) is 1.04. The first-order valence-electron chi connectivity index (χ1n) is 5.15. The Morgan fingerprint density at radius 3 is 1.52 bits per heavy atom. The molecule has 0 atom stereocenters. The number of esters is 1. The molecule has 21 heavy (non-hydrogen) atoms. The Labute approximate surface area is 116 Å². The van der Waals surface area contributed by atoms with Crippen molar-refractivity contribution in [2.24, 2.45) is 5.41 Å². The van der Waals surface area contributed by atoms with E-state index in [0.717, 1.165) is 20.8 Å². The Bertz CT molecular complexity index is 484. The van der Waals surface area contributed by atoms with Gasteiger partial charge in [0, 0.05) is 0 Å². The Morgan fingerprint density at radius 1 is 1.00 bits per heavy atom. The van der Waals surface area contributed by atoms with Crippen LogP contribution in [0.2, 0.25) is 0 Å². The number of hydrogen-bond acceptors (Lipinski definition) is 4. The van der Waals surface area contributed by atoms with E-state index in [2.05, 4.69) is 4.74 Å². The number of alkyl halides is 6. The third kappa shape index (κ3) is 4.73. The van der Waals surface area contributed by atoms with Crippen molar-refractivity contribution in [3.05, 3.63) is 0 Å². The average Bonchev–Trinajstić information content (AvgIpc) is 2.08. The van der Waals surface area contributed by atoms with Crippen LogP contribution in [0, 0.1) is 5.41 Å². The molecule has 0 unspecified atom stereocenters. The molecule has 0 aliphatic carbocycles.